The summed E-state index contributed by atoms with van der Waals surface area (Å²) in [5.74, 6) is -13.3. The van der Waals surface area contributed by atoms with Gasteiger partial charge in [0.1, 0.15) is 13.2 Å². The maximum absolute atomic E-state index is 13.5. The lowest BCUT2D eigenvalue weighted by Crippen LogP contribution is -2.15. The SMILES string of the molecule is CCCCCCCCCCCCOC(=O)CCCC(=O)OCCOc1c(F)c(F)c(F)c(F)c1F. The summed E-state index contributed by atoms with van der Waals surface area (Å²) in [6.45, 7) is 1.45. The zero-order valence-electron chi connectivity index (χ0n) is 20.2. The molecule has 0 heterocycles. The van der Waals surface area contributed by atoms with E-state index < -0.39 is 60.0 Å². The Bertz CT molecular complexity index is 759. The van der Waals surface area contributed by atoms with E-state index in [1.807, 2.05) is 0 Å². The number of ether oxygens (including phenoxy) is 3. The second-order valence-electron chi connectivity index (χ2n) is 8.22. The van der Waals surface area contributed by atoms with Crippen molar-refractivity contribution < 1.29 is 45.8 Å². The monoisotopic (exact) mass is 510 g/mol. The Kier molecular flexibility index (Phi) is 15.7. The smallest absolute Gasteiger partial charge is 0.305 e. The lowest BCUT2D eigenvalue weighted by atomic mass is 10.1. The molecule has 1 rings (SSSR count). The van der Waals surface area contributed by atoms with Gasteiger partial charge in [0.25, 0.3) is 0 Å². The first-order valence-electron chi connectivity index (χ1n) is 12.2. The number of unbranched alkanes of at least 4 members (excludes halogenated alkanes) is 9. The molecule has 200 valence electrons. The molecule has 0 aliphatic heterocycles. The summed E-state index contributed by atoms with van der Waals surface area (Å²) in [6, 6.07) is 0. The van der Waals surface area contributed by atoms with Crippen molar-refractivity contribution in [3.63, 3.8) is 0 Å². The molecule has 0 aliphatic rings. The highest BCUT2D eigenvalue weighted by molar-refractivity contribution is 5.72. The number of hydrogen-bond acceptors (Lipinski definition) is 5. The van der Waals surface area contributed by atoms with Crippen molar-refractivity contribution in [1.29, 1.82) is 0 Å². The largest absolute Gasteiger partial charge is 0.484 e. The number of hydrogen-bond donors (Lipinski definition) is 0. The van der Waals surface area contributed by atoms with E-state index in [1.54, 1.807) is 0 Å². The van der Waals surface area contributed by atoms with Crippen molar-refractivity contribution in [3.05, 3.63) is 29.1 Å². The maximum atomic E-state index is 13.5. The quantitative estimate of drug-likeness (QED) is 0.0663. The fourth-order valence-corrected chi connectivity index (χ4v) is 3.31. The summed E-state index contributed by atoms with van der Waals surface area (Å²) in [4.78, 5) is 23.3. The Morgan fingerprint density at radius 3 is 1.49 bits per heavy atom. The van der Waals surface area contributed by atoms with Gasteiger partial charge in [-0.25, -0.2) is 13.2 Å². The Balaban J connectivity index is 2.05. The number of esters is 2. The van der Waals surface area contributed by atoms with Crippen LogP contribution in [0.1, 0.15) is 90.4 Å². The molecule has 0 spiro atoms. The van der Waals surface area contributed by atoms with Crippen molar-refractivity contribution in [2.24, 2.45) is 0 Å². The van der Waals surface area contributed by atoms with Gasteiger partial charge in [0, 0.05) is 12.8 Å². The van der Waals surface area contributed by atoms with Crippen LogP contribution in [0.15, 0.2) is 0 Å². The van der Waals surface area contributed by atoms with Gasteiger partial charge < -0.3 is 14.2 Å². The Hall–Kier alpha value is -2.39. The van der Waals surface area contributed by atoms with Crippen LogP contribution in [0, 0.1) is 29.1 Å². The van der Waals surface area contributed by atoms with Crippen molar-refractivity contribution in [2.75, 3.05) is 19.8 Å². The van der Waals surface area contributed by atoms with Crippen molar-refractivity contribution in [1.82, 2.24) is 0 Å². The Morgan fingerprint density at radius 1 is 0.543 bits per heavy atom. The number of carbonyl (C=O) groups is 2. The van der Waals surface area contributed by atoms with Gasteiger partial charge in [0.05, 0.1) is 6.61 Å². The van der Waals surface area contributed by atoms with Crippen molar-refractivity contribution in [2.45, 2.75) is 90.4 Å². The van der Waals surface area contributed by atoms with Crippen LogP contribution in [-0.4, -0.2) is 31.8 Å². The highest BCUT2D eigenvalue weighted by atomic mass is 19.2. The first-order chi connectivity index (χ1) is 16.8. The van der Waals surface area contributed by atoms with Gasteiger partial charge in [-0.3, -0.25) is 9.59 Å². The summed E-state index contributed by atoms with van der Waals surface area (Å²) in [5.41, 5.74) is 0. The summed E-state index contributed by atoms with van der Waals surface area (Å²) in [7, 11) is 0. The topological polar surface area (TPSA) is 61.8 Å². The summed E-state index contributed by atoms with van der Waals surface area (Å²) in [5, 5.41) is 0. The molecule has 0 bridgehead atoms. The number of benzene rings is 1. The minimum atomic E-state index is -2.29. The van der Waals surface area contributed by atoms with Gasteiger partial charge in [0.15, 0.2) is 5.75 Å². The van der Waals surface area contributed by atoms with Gasteiger partial charge >= 0.3 is 11.9 Å². The molecule has 0 saturated carbocycles. The van der Waals surface area contributed by atoms with Gasteiger partial charge in [0.2, 0.25) is 29.1 Å². The second-order valence-corrected chi connectivity index (χ2v) is 8.22. The standard InChI is InChI=1S/C25H35F5O5/c1-2-3-4-5-6-7-8-9-10-11-15-33-18(31)13-12-14-19(32)34-16-17-35-25-23(29)21(27)20(26)22(28)24(25)30/h2-17H2,1H3. The Labute approximate surface area is 203 Å². The fourth-order valence-electron chi connectivity index (χ4n) is 3.31. The molecule has 0 fully saturated rings. The van der Waals surface area contributed by atoms with Crippen molar-refractivity contribution >= 4 is 11.9 Å². The predicted molar refractivity (Wildman–Crippen MR) is 119 cm³/mol. The number of carbonyl (C=O) groups excluding carboxylic acids is 2. The molecular weight excluding hydrogens is 475 g/mol. The van der Waals surface area contributed by atoms with E-state index in [0.29, 0.717) is 6.61 Å². The summed E-state index contributed by atoms with van der Waals surface area (Å²) in [6.07, 6.45) is 11.9. The average Bonchev–Trinajstić information content (AvgIpc) is 2.84. The second kappa shape index (κ2) is 18.0. The number of halogens is 5. The predicted octanol–water partition coefficient (Wildman–Crippen LogP) is 6.94. The van der Waals surface area contributed by atoms with E-state index in [2.05, 4.69) is 11.7 Å². The fraction of sp³-hybridized carbons (Fsp3) is 0.680. The molecule has 0 N–H and O–H groups in total. The van der Waals surface area contributed by atoms with E-state index in [0.717, 1.165) is 19.3 Å². The average molecular weight is 511 g/mol. The zero-order valence-corrected chi connectivity index (χ0v) is 20.2. The maximum Gasteiger partial charge on any atom is 0.305 e. The third-order valence-electron chi connectivity index (χ3n) is 5.29. The van der Waals surface area contributed by atoms with E-state index in [-0.39, 0.29) is 19.3 Å². The highest BCUT2D eigenvalue weighted by Gasteiger charge is 2.27. The molecular formula is C25H35F5O5. The van der Waals surface area contributed by atoms with Crippen LogP contribution in [0.3, 0.4) is 0 Å². The zero-order chi connectivity index (χ0) is 26.1. The molecule has 1 aromatic carbocycles. The molecule has 0 amide bonds. The molecule has 0 saturated heterocycles. The molecule has 0 aromatic heterocycles. The van der Waals surface area contributed by atoms with Crippen LogP contribution in [-0.2, 0) is 19.1 Å². The minimum Gasteiger partial charge on any atom is -0.484 e. The highest BCUT2D eigenvalue weighted by Crippen LogP contribution is 2.29. The normalized spacial score (nSPS) is 10.9. The van der Waals surface area contributed by atoms with Gasteiger partial charge in [-0.05, 0) is 12.8 Å². The van der Waals surface area contributed by atoms with E-state index in [4.69, 9.17) is 9.47 Å². The Morgan fingerprint density at radius 2 is 0.971 bits per heavy atom. The third kappa shape index (κ3) is 12.2. The first-order valence-corrected chi connectivity index (χ1v) is 12.2. The van der Waals surface area contributed by atoms with Crippen LogP contribution in [0.4, 0.5) is 22.0 Å². The van der Waals surface area contributed by atoms with Crippen LogP contribution in [0.25, 0.3) is 0 Å². The molecule has 0 atom stereocenters. The van der Waals surface area contributed by atoms with Gasteiger partial charge in [-0.2, -0.15) is 8.78 Å². The van der Waals surface area contributed by atoms with Gasteiger partial charge in [-0.15, -0.1) is 0 Å². The third-order valence-corrected chi connectivity index (χ3v) is 5.29. The molecule has 10 heteroatoms. The molecule has 1 aromatic rings. The molecule has 0 radical (unpaired) electrons. The van der Waals surface area contributed by atoms with Crippen LogP contribution >= 0.6 is 0 Å². The van der Waals surface area contributed by atoms with E-state index in [9.17, 15) is 31.5 Å². The first kappa shape index (κ1) is 30.6. The van der Waals surface area contributed by atoms with Crippen molar-refractivity contribution in [3.8, 4) is 5.75 Å². The molecule has 35 heavy (non-hydrogen) atoms. The summed E-state index contributed by atoms with van der Waals surface area (Å²) < 4.78 is 80.5. The molecule has 0 aliphatic carbocycles. The van der Waals surface area contributed by atoms with Gasteiger partial charge in [-0.1, -0.05) is 64.7 Å². The lowest BCUT2D eigenvalue weighted by molar-refractivity contribution is -0.146. The minimum absolute atomic E-state index is 0.0356. The number of rotatable bonds is 19. The van der Waals surface area contributed by atoms with Crippen LogP contribution in [0.2, 0.25) is 0 Å². The van der Waals surface area contributed by atoms with E-state index >= 15 is 0 Å². The molecule has 5 nitrogen and oxygen atoms in total. The van der Waals surface area contributed by atoms with Crippen LogP contribution in [0.5, 0.6) is 5.75 Å². The lowest BCUT2D eigenvalue weighted by Gasteiger charge is -2.10. The molecule has 0 unspecified atom stereocenters. The van der Waals surface area contributed by atoms with E-state index in [1.165, 1.54) is 44.9 Å². The van der Waals surface area contributed by atoms with Crippen LogP contribution < -0.4 is 4.74 Å². The summed E-state index contributed by atoms with van der Waals surface area (Å²) >= 11 is 0.